The van der Waals surface area contributed by atoms with E-state index in [1.165, 1.54) is 12.1 Å². The number of nitrogens with zero attached hydrogens (tertiary/aromatic N) is 2. The van der Waals surface area contributed by atoms with Gasteiger partial charge in [0.05, 0.1) is 15.7 Å². The molecule has 2 rings (SSSR count). The number of carbonyl (C=O) groups is 1. The predicted molar refractivity (Wildman–Crippen MR) is 82.9 cm³/mol. The van der Waals surface area contributed by atoms with Gasteiger partial charge < -0.3 is 9.53 Å². The maximum atomic E-state index is 12.0. The van der Waals surface area contributed by atoms with Gasteiger partial charge in [0.15, 0.2) is 0 Å². The Balaban J connectivity index is 2.43. The third kappa shape index (κ3) is 3.50. The molecule has 22 heavy (non-hydrogen) atoms. The van der Waals surface area contributed by atoms with Gasteiger partial charge in [0.2, 0.25) is 0 Å². The Labute approximate surface area is 136 Å². The molecule has 1 heterocycles. The molecule has 8 heteroatoms. The van der Waals surface area contributed by atoms with Crippen LogP contribution >= 0.6 is 23.2 Å². The summed E-state index contributed by atoms with van der Waals surface area (Å²) in [6.45, 7) is 0.0286. The van der Waals surface area contributed by atoms with Crippen LogP contribution < -0.4 is 10.4 Å². The summed E-state index contributed by atoms with van der Waals surface area (Å²) < 4.78 is 6.37. The van der Waals surface area contributed by atoms with Gasteiger partial charge in [0.25, 0.3) is 0 Å². The van der Waals surface area contributed by atoms with E-state index in [9.17, 15) is 9.59 Å². The zero-order valence-electron chi connectivity index (χ0n) is 11.3. The first kappa shape index (κ1) is 16.1. The number of aromatic amines is 1. The number of H-pyrrole nitrogens is 1. The minimum Gasteiger partial charge on any atom is -0.479 e. The first-order valence-electron chi connectivity index (χ1n) is 6.24. The van der Waals surface area contributed by atoms with Gasteiger partial charge in [-0.15, -0.1) is 6.42 Å². The number of nitrogens with one attached hydrogen (secondary N) is 1. The van der Waals surface area contributed by atoms with Crippen molar-refractivity contribution in [2.45, 2.75) is 12.8 Å². The summed E-state index contributed by atoms with van der Waals surface area (Å²) in [5.74, 6) is 3.00. The number of hydrogen-bond donors (Lipinski definition) is 1. The van der Waals surface area contributed by atoms with Gasteiger partial charge >= 0.3 is 5.69 Å². The van der Waals surface area contributed by atoms with Crippen LogP contribution in [-0.4, -0.2) is 27.7 Å². The van der Waals surface area contributed by atoms with Gasteiger partial charge in [-0.2, -0.15) is 9.78 Å². The lowest BCUT2D eigenvalue weighted by Crippen LogP contribution is -2.16. The van der Waals surface area contributed by atoms with Crippen molar-refractivity contribution in [2.75, 3.05) is 6.61 Å². The van der Waals surface area contributed by atoms with Crippen LogP contribution in [0, 0.1) is 12.3 Å². The van der Waals surface area contributed by atoms with Gasteiger partial charge in [0.1, 0.15) is 24.5 Å². The molecule has 0 amide bonds. The van der Waals surface area contributed by atoms with E-state index < -0.39 is 5.69 Å². The Kier molecular flexibility index (Phi) is 5.26. The fourth-order valence-corrected chi connectivity index (χ4v) is 2.27. The van der Waals surface area contributed by atoms with Gasteiger partial charge in [-0.1, -0.05) is 29.1 Å². The van der Waals surface area contributed by atoms with Gasteiger partial charge in [-0.05, 0) is 6.07 Å². The molecule has 1 aromatic carbocycles. The molecular formula is C14H11Cl2N3O3. The van der Waals surface area contributed by atoms with Crippen molar-refractivity contribution >= 4 is 29.5 Å². The van der Waals surface area contributed by atoms with E-state index in [-0.39, 0.29) is 23.1 Å². The van der Waals surface area contributed by atoms with E-state index in [0.717, 1.165) is 11.0 Å². The highest BCUT2D eigenvalue weighted by Gasteiger charge is 2.14. The van der Waals surface area contributed by atoms with E-state index in [4.69, 9.17) is 34.4 Å². The molecule has 0 aliphatic carbocycles. The Bertz CT molecular complexity index is 790. The molecule has 114 valence electrons. The van der Waals surface area contributed by atoms with Gasteiger partial charge in [-0.3, -0.25) is 4.98 Å². The molecule has 0 spiro atoms. The summed E-state index contributed by atoms with van der Waals surface area (Å²) in [5, 5.41) is 4.60. The zero-order valence-corrected chi connectivity index (χ0v) is 12.8. The molecule has 0 saturated carbocycles. The van der Waals surface area contributed by atoms with Crippen LogP contribution in [0.1, 0.15) is 12.2 Å². The third-order valence-electron chi connectivity index (χ3n) is 2.70. The predicted octanol–water partition coefficient (Wildman–Crippen LogP) is 2.01. The number of hydrogen-bond acceptors (Lipinski definition) is 4. The van der Waals surface area contributed by atoms with Crippen LogP contribution in [0.4, 0.5) is 0 Å². The second-order valence-corrected chi connectivity index (χ2v) is 5.04. The second kappa shape index (κ2) is 7.16. The molecule has 0 unspecified atom stereocenters. The average Bonchev–Trinajstić information content (AvgIpc) is 2.85. The Morgan fingerprint density at radius 3 is 2.86 bits per heavy atom. The van der Waals surface area contributed by atoms with Crippen molar-refractivity contribution in [1.82, 2.24) is 14.8 Å². The summed E-state index contributed by atoms with van der Waals surface area (Å²) in [4.78, 5) is 24.9. The number of benzene rings is 1. The summed E-state index contributed by atoms with van der Waals surface area (Å²) in [6.07, 6.45) is 6.48. The monoisotopic (exact) mass is 339 g/mol. The van der Waals surface area contributed by atoms with Gasteiger partial charge in [-0.25, -0.2) is 4.79 Å². The number of terminal acetylenes is 1. The number of aromatic nitrogens is 3. The average molecular weight is 340 g/mol. The third-order valence-corrected chi connectivity index (χ3v) is 3.30. The van der Waals surface area contributed by atoms with Gasteiger partial charge in [0, 0.05) is 18.9 Å². The Morgan fingerprint density at radius 2 is 2.18 bits per heavy atom. The van der Waals surface area contributed by atoms with E-state index in [0.29, 0.717) is 23.7 Å². The first-order valence-corrected chi connectivity index (χ1v) is 7.00. The lowest BCUT2D eigenvalue weighted by molar-refractivity contribution is -0.107. The fraction of sp³-hybridized carbons (Fsp3) is 0.214. The summed E-state index contributed by atoms with van der Waals surface area (Å²) in [5.41, 5.74) is -0.176. The normalized spacial score (nSPS) is 10.2. The number of aldehydes is 1. The van der Waals surface area contributed by atoms with E-state index in [2.05, 4.69) is 16.0 Å². The molecule has 0 aliphatic heterocycles. The lowest BCUT2D eigenvalue weighted by atomic mass is 10.3. The number of halogens is 2. The van der Waals surface area contributed by atoms with E-state index >= 15 is 0 Å². The molecule has 0 bridgehead atoms. The molecule has 0 fully saturated rings. The quantitative estimate of drug-likeness (QED) is 0.645. The van der Waals surface area contributed by atoms with Crippen LogP contribution in [0.15, 0.2) is 16.9 Å². The van der Waals surface area contributed by atoms with Crippen molar-refractivity contribution in [2.24, 2.45) is 0 Å². The molecule has 1 N–H and O–H groups in total. The van der Waals surface area contributed by atoms with E-state index in [1.54, 1.807) is 0 Å². The topological polar surface area (TPSA) is 77.0 Å². The zero-order chi connectivity index (χ0) is 16.1. The van der Waals surface area contributed by atoms with Crippen LogP contribution in [0.5, 0.6) is 5.75 Å². The minimum atomic E-state index is -0.479. The molecular weight excluding hydrogens is 329 g/mol. The minimum absolute atomic E-state index is 0.0286. The standard InChI is InChI=1S/C14H11Cl2N3O3/c1-2-6-22-12-8-11(9(15)7-10(12)16)19-14(21)17-13(18-19)4-3-5-20/h1,5,7-8H,3-4,6H2,(H,17,18,21). The molecule has 0 radical (unpaired) electrons. The maximum absolute atomic E-state index is 12.0. The van der Waals surface area contributed by atoms with Crippen LogP contribution in [0.2, 0.25) is 10.0 Å². The first-order chi connectivity index (χ1) is 10.6. The van der Waals surface area contributed by atoms with Crippen molar-refractivity contribution in [3.8, 4) is 23.8 Å². The Morgan fingerprint density at radius 1 is 1.41 bits per heavy atom. The SMILES string of the molecule is C#CCOc1cc(-n2nc(CCC=O)[nH]c2=O)c(Cl)cc1Cl. The smallest absolute Gasteiger partial charge is 0.348 e. The molecule has 0 aliphatic rings. The molecule has 2 aromatic rings. The number of rotatable bonds is 6. The van der Waals surface area contributed by atoms with Crippen molar-refractivity contribution < 1.29 is 9.53 Å². The maximum Gasteiger partial charge on any atom is 0.348 e. The summed E-state index contributed by atoms with van der Waals surface area (Å²) >= 11 is 12.1. The van der Waals surface area contributed by atoms with Crippen LogP contribution in [0.25, 0.3) is 5.69 Å². The summed E-state index contributed by atoms with van der Waals surface area (Å²) in [6, 6.07) is 2.92. The van der Waals surface area contributed by atoms with Crippen molar-refractivity contribution in [1.29, 1.82) is 0 Å². The highest BCUT2D eigenvalue weighted by Crippen LogP contribution is 2.32. The highest BCUT2D eigenvalue weighted by atomic mass is 35.5. The van der Waals surface area contributed by atoms with Crippen LogP contribution in [-0.2, 0) is 11.2 Å². The molecule has 6 nitrogen and oxygen atoms in total. The molecule has 1 aromatic heterocycles. The Hall–Kier alpha value is -2.23. The molecule has 0 saturated heterocycles. The van der Waals surface area contributed by atoms with Crippen molar-refractivity contribution in [3.05, 3.63) is 38.5 Å². The molecule has 0 atom stereocenters. The fourth-order valence-electron chi connectivity index (χ4n) is 1.75. The van der Waals surface area contributed by atoms with E-state index in [1.807, 2.05) is 0 Å². The number of carbonyl (C=O) groups excluding carboxylic acids is 1. The number of ether oxygens (including phenoxy) is 1. The number of aryl methyl sites for hydroxylation is 1. The highest BCUT2D eigenvalue weighted by molar-refractivity contribution is 6.36. The largest absolute Gasteiger partial charge is 0.479 e. The summed E-state index contributed by atoms with van der Waals surface area (Å²) in [7, 11) is 0. The van der Waals surface area contributed by atoms with Crippen LogP contribution in [0.3, 0.4) is 0 Å². The van der Waals surface area contributed by atoms with Crippen molar-refractivity contribution in [3.63, 3.8) is 0 Å². The lowest BCUT2D eigenvalue weighted by Gasteiger charge is -2.09. The second-order valence-electron chi connectivity index (χ2n) is 4.22.